The number of nitrogens with zero attached hydrogens (tertiary/aromatic N) is 1. The fraction of sp³-hybridized carbons (Fsp3) is 0.182. The average Bonchev–Trinajstić information content (AvgIpc) is 3.12. The minimum Gasteiger partial charge on any atom is -0.477 e. The lowest BCUT2D eigenvalue weighted by molar-refractivity contribution is -0.137. The number of carbonyl (C=O) groups excluding carboxylic acids is 1. The van der Waals surface area contributed by atoms with Gasteiger partial charge in [0, 0.05) is 15.9 Å². The maximum atomic E-state index is 13.3. The Morgan fingerprint density at radius 1 is 1.06 bits per heavy atom. The first-order chi connectivity index (χ1) is 14.9. The molecular weight excluding hydrogens is 486 g/mol. The molecule has 1 heterocycles. The molecule has 0 unspecified atom stereocenters. The molecule has 0 saturated heterocycles. The normalized spacial score (nSPS) is 11.6. The van der Waals surface area contributed by atoms with Crippen LogP contribution in [0, 0.1) is 0 Å². The number of carboxylic acids is 1. The number of halogens is 5. The van der Waals surface area contributed by atoms with Crippen LogP contribution in [-0.4, -0.2) is 23.0 Å². The van der Waals surface area contributed by atoms with Crippen molar-refractivity contribution in [1.82, 2.24) is 0 Å². The number of carboxylic acid groups (broad SMARTS) is 1. The largest absolute Gasteiger partial charge is 0.477 e. The van der Waals surface area contributed by atoms with Gasteiger partial charge in [0.2, 0.25) is 0 Å². The van der Waals surface area contributed by atoms with Crippen LogP contribution >= 0.6 is 34.5 Å². The highest BCUT2D eigenvalue weighted by Gasteiger charge is 2.32. The van der Waals surface area contributed by atoms with Crippen molar-refractivity contribution in [1.29, 1.82) is 0 Å². The molecule has 0 fully saturated rings. The Morgan fingerprint density at radius 2 is 1.75 bits per heavy atom. The van der Waals surface area contributed by atoms with Gasteiger partial charge in [0.25, 0.3) is 5.91 Å². The van der Waals surface area contributed by atoms with Crippen LogP contribution in [0.4, 0.5) is 18.9 Å². The smallest absolute Gasteiger partial charge is 0.416 e. The van der Waals surface area contributed by atoms with Gasteiger partial charge in [-0.1, -0.05) is 35.3 Å². The zero-order valence-corrected chi connectivity index (χ0v) is 19.0. The molecule has 0 aliphatic carbocycles. The molecule has 0 aliphatic heterocycles. The SMILES string of the molecule is CC(C)N(C(=O)c1ccc(Cl)cc1Cl)c1cc(-c2cccc(C(F)(F)F)c2)sc1C(=O)O. The van der Waals surface area contributed by atoms with Crippen molar-refractivity contribution in [2.45, 2.75) is 26.1 Å². The summed E-state index contributed by atoms with van der Waals surface area (Å²) in [5.74, 6) is -1.86. The third-order valence-electron chi connectivity index (χ3n) is 4.54. The van der Waals surface area contributed by atoms with Gasteiger partial charge in [-0.15, -0.1) is 11.3 Å². The fourth-order valence-electron chi connectivity index (χ4n) is 3.12. The van der Waals surface area contributed by atoms with Crippen LogP contribution in [0.15, 0.2) is 48.5 Å². The van der Waals surface area contributed by atoms with Crippen LogP contribution < -0.4 is 4.90 Å². The van der Waals surface area contributed by atoms with Gasteiger partial charge < -0.3 is 10.0 Å². The molecule has 0 bridgehead atoms. The summed E-state index contributed by atoms with van der Waals surface area (Å²) in [5.41, 5.74) is -0.473. The van der Waals surface area contributed by atoms with E-state index >= 15 is 0 Å². The number of benzene rings is 2. The fourth-order valence-corrected chi connectivity index (χ4v) is 4.59. The molecule has 1 amide bonds. The summed E-state index contributed by atoms with van der Waals surface area (Å²) < 4.78 is 39.4. The second-order valence-corrected chi connectivity index (χ2v) is 9.00. The van der Waals surface area contributed by atoms with Gasteiger partial charge in [0.15, 0.2) is 0 Å². The van der Waals surface area contributed by atoms with Gasteiger partial charge in [-0.25, -0.2) is 4.79 Å². The summed E-state index contributed by atoms with van der Waals surface area (Å²) in [5, 5.41) is 10.2. The van der Waals surface area contributed by atoms with E-state index in [2.05, 4.69) is 0 Å². The van der Waals surface area contributed by atoms with E-state index < -0.39 is 29.7 Å². The predicted molar refractivity (Wildman–Crippen MR) is 120 cm³/mol. The molecule has 1 aromatic heterocycles. The van der Waals surface area contributed by atoms with Crippen molar-refractivity contribution in [2.24, 2.45) is 0 Å². The summed E-state index contributed by atoms with van der Waals surface area (Å²) in [4.78, 5) is 26.6. The highest BCUT2D eigenvalue weighted by Crippen LogP contribution is 2.40. The molecule has 2 aromatic carbocycles. The first kappa shape index (κ1) is 24.1. The molecule has 168 valence electrons. The maximum absolute atomic E-state index is 13.3. The number of thiophene rings is 1. The van der Waals surface area contributed by atoms with Gasteiger partial charge in [0.05, 0.1) is 21.8 Å². The Kier molecular flexibility index (Phi) is 6.88. The number of rotatable bonds is 5. The van der Waals surface area contributed by atoms with E-state index in [4.69, 9.17) is 23.2 Å². The maximum Gasteiger partial charge on any atom is 0.416 e. The Labute approximate surface area is 195 Å². The third kappa shape index (κ3) is 4.92. The Bertz CT molecular complexity index is 1190. The van der Waals surface area contributed by atoms with Crippen molar-refractivity contribution in [3.8, 4) is 10.4 Å². The Balaban J connectivity index is 2.14. The van der Waals surface area contributed by atoms with E-state index in [1.807, 2.05) is 0 Å². The molecule has 0 radical (unpaired) electrons. The number of amides is 1. The molecule has 32 heavy (non-hydrogen) atoms. The van der Waals surface area contributed by atoms with Crippen molar-refractivity contribution < 1.29 is 27.9 Å². The third-order valence-corrected chi connectivity index (χ3v) is 6.25. The summed E-state index contributed by atoms with van der Waals surface area (Å²) in [7, 11) is 0. The van der Waals surface area contributed by atoms with E-state index in [1.54, 1.807) is 13.8 Å². The molecular formula is C22H16Cl2F3NO3S. The summed E-state index contributed by atoms with van der Waals surface area (Å²) in [6.07, 6.45) is -4.54. The molecule has 4 nitrogen and oxygen atoms in total. The molecule has 0 spiro atoms. The number of anilines is 1. The molecule has 10 heteroatoms. The quantitative estimate of drug-likeness (QED) is 0.393. The number of aromatic carboxylic acids is 1. The summed E-state index contributed by atoms with van der Waals surface area (Å²) in [6, 6.07) is 9.82. The van der Waals surface area contributed by atoms with E-state index in [-0.39, 0.29) is 31.6 Å². The molecule has 3 rings (SSSR count). The van der Waals surface area contributed by atoms with Gasteiger partial charge >= 0.3 is 12.1 Å². The lowest BCUT2D eigenvalue weighted by atomic mass is 10.1. The van der Waals surface area contributed by atoms with E-state index in [1.165, 1.54) is 41.3 Å². The number of hydrogen-bond donors (Lipinski definition) is 1. The average molecular weight is 502 g/mol. The monoisotopic (exact) mass is 501 g/mol. The Hall–Kier alpha value is -2.55. The molecule has 0 atom stereocenters. The first-order valence-electron chi connectivity index (χ1n) is 9.23. The summed E-state index contributed by atoms with van der Waals surface area (Å²) in [6.45, 7) is 3.38. The van der Waals surface area contributed by atoms with Gasteiger partial charge in [0.1, 0.15) is 4.88 Å². The standard InChI is InChI=1S/C22H16Cl2F3NO3S/c1-11(2)28(20(29)15-7-6-14(23)9-16(15)24)17-10-18(32-19(17)21(30)31)12-4-3-5-13(8-12)22(25,26)27/h3-11H,1-2H3,(H,30,31). The molecule has 3 aromatic rings. The van der Waals surface area contributed by atoms with Crippen molar-refractivity contribution in [2.75, 3.05) is 4.90 Å². The van der Waals surface area contributed by atoms with E-state index in [9.17, 15) is 27.9 Å². The molecule has 0 aliphatic rings. The first-order valence-corrected chi connectivity index (χ1v) is 10.8. The number of carbonyl (C=O) groups is 2. The van der Waals surface area contributed by atoms with Gasteiger partial charge in [-0.05, 0) is 55.8 Å². The summed E-state index contributed by atoms with van der Waals surface area (Å²) >= 11 is 12.9. The van der Waals surface area contributed by atoms with Crippen LogP contribution in [-0.2, 0) is 6.18 Å². The topological polar surface area (TPSA) is 57.6 Å². The van der Waals surface area contributed by atoms with Crippen LogP contribution in [0.2, 0.25) is 10.0 Å². The van der Waals surface area contributed by atoms with E-state index in [0.717, 1.165) is 23.5 Å². The Morgan fingerprint density at radius 3 is 2.31 bits per heavy atom. The van der Waals surface area contributed by atoms with Crippen LogP contribution in [0.5, 0.6) is 0 Å². The second kappa shape index (κ2) is 9.13. The van der Waals surface area contributed by atoms with E-state index in [0.29, 0.717) is 5.02 Å². The van der Waals surface area contributed by atoms with Gasteiger partial charge in [-0.2, -0.15) is 13.2 Å². The zero-order valence-electron chi connectivity index (χ0n) is 16.7. The van der Waals surface area contributed by atoms with Crippen molar-refractivity contribution in [3.63, 3.8) is 0 Å². The van der Waals surface area contributed by atoms with Gasteiger partial charge in [-0.3, -0.25) is 4.79 Å². The predicted octanol–water partition coefficient (Wildman–Crippen LogP) is 7.49. The molecule has 0 saturated carbocycles. The van der Waals surface area contributed by atoms with Crippen LogP contribution in [0.1, 0.15) is 39.4 Å². The van der Waals surface area contributed by atoms with Crippen molar-refractivity contribution >= 4 is 52.1 Å². The lowest BCUT2D eigenvalue weighted by Gasteiger charge is -2.27. The lowest BCUT2D eigenvalue weighted by Crippen LogP contribution is -2.37. The number of hydrogen-bond acceptors (Lipinski definition) is 3. The number of alkyl halides is 3. The van der Waals surface area contributed by atoms with Crippen LogP contribution in [0.25, 0.3) is 10.4 Å². The minimum atomic E-state index is -4.54. The zero-order chi connectivity index (χ0) is 23.8. The van der Waals surface area contributed by atoms with Crippen molar-refractivity contribution in [3.05, 3.63) is 74.6 Å². The highest BCUT2D eigenvalue weighted by atomic mass is 35.5. The molecule has 1 N–H and O–H groups in total. The highest BCUT2D eigenvalue weighted by molar-refractivity contribution is 7.18. The minimum absolute atomic E-state index is 0.0703. The second-order valence-electron chi connectivity index (χ2n) is 7.10. The van der Waals surface area contributed by atoms with Crippen LogP contribution in [0.3, 0.4) is 0 Å².